The third kappa shape index (κ3) is 4.24. The summed E-state index contributed by atoms with van der Waals surface area (Å²) in [7, 11) is 1.79. The molecule has 1 N–H and O–H groups in total. The molecule has 0 amide bonds. The second-order valence-corrected chi connectivity index (χ2v) is 10.6. The van der Waals surface area contributed by atoms with Gasteiger partial charge in [-0.05, 0) is 86.9 Å². The zero-order valence-corrected chi connectivity index (χ0v) is 20.6. The first-order valence-electron chi connectivity index (χ1n) is 12.3. The van der Waals surface area contributed by atoms with Crippen LogP contribution in [-0.2, 0) is 23.2 Å². The van der Waals surface area contributed by atoms with Crippen LogP contribution in [0.2, 0.25) is 0 Å². The molecule has 5 rings (SSSR count). The lowest BCUT2D eigenvalue weighted by Crippen LogP contribution is -2.47. The monoisotopic (exact) mass is 458 g/mol. The van der Waals surface area contributed by atoms with Crippen LogP contribution in [0, 0.1) is 24.2 Å². The molecule has 6 heteroatoms. The first-order valence-corrected chi connectivity index (χ1v) is 12.3. The van der Waals surface area contributed by atoms with Crippen molar-refractivity contribution in [3.63, 3.8) is 0 Å². The lowest BCUT2D eigenvalue weighted by molar-refractivity contribution is -0.0151. The van der Waals surface area contributed by atoms with Gasteiger partial charge < -0.3 is 19.3 Å². The van der Waals surface area contributed by atoms with Gasteiger partial charge in [-0.15, -0.1) is 0 Å². The molecule has 34 heavy (non-hydrogen) atoms. The van der Waals surface area contributed by atoms with Crippen LogP contribution in [0.3, 0.4) is 0 Å². The Morgan fingerprint density at radius 2 is 1.97 bits per heavy atom. The minimum absolute atomic E-state index is 0.0162. The van der Waals surface area contributed by atoms with Gasteiger partial charge in [0.25, 0.3) is 0 Å². The number of aryl methyl sites for hydroxylation is 1. The Balaban J connectivity index is 1.35. The molecule has 1 aromatic heterocycles. The third-order valence-corrected chi connectivity index (χ3v) is 7.50. The Hall–Kier alpha value is -2.72. The number of likely N-dealkylation sites (tertiary alicyclic amines) is 1. The van der Waals surface area contributed by atoms with Gasteiger partial charge in [0.15, 0.2) is 0 Å². The number of hydrogen-bond donors (Lipinski definition) is 1. The van der Waals surface area contributed by atoms with E-state index in [-0.39, 0.29) is 12.1 Å². The summed E-state index contributed by atoms with van der Waals surface area (Å²) >= 11 is 0. The highest BCUT2D eigenvalue weighted by Gasteiger charge is 2.37. The molecule has 2 aromatic carbocycles. The Morgan fingerprint density at radius 3 is 2.71 bits per heavy atom. The van der Waals surface area contributed by atoms with E-state index >= 15 is 0 Å². The molecular weight excluding hydrogens is 424 g/mol. The van der Waals surface area contributed by atoms with Crippen LogP contribution < -0.4 is 0 Å². The van der Waals surface area contributed by atoms with Crippen LogP contribution in [0.25, 0.3) is 11.0 Å². The third-order valence-electron chi connectivity index (χ3n) is 7.50. The van der Waals surface area contributed by atoms with E-state index in [0.29, 0.717) is 11.7 Å². The summed E-state index contributed by atoms with van der Waals surface area (Å²) in [6.07, 6.45) is 3.07. The quantitative estimate of drug-likeness (QED) is 0.623. The fraction of sp³-hybridized carbons (Fsp3) is 0.500. The normalized spacial score (nSPS) is 23.2. The van der Waals surface area contributed by atoms with Crippen molar-refractivity contribution in [3.05, 3.63) is 64.5 Å². The number of imidazole rings is 1. The molecule has 0 radical (unpaired) electrons. The van der Waals surface area contributed by atoms with E-state index < -0.39 is 5.60 Å². The number of rotatable bonds is 5. The highest BCUT2D eigenvalue weighted by atomic mass is 16.5. The summed E-state index contributed by atoms with van der Waals surface area (Å²) in [5.41, 5.74) is 5.58. The van der Waals surface area contributed by atoms with Gasteiger partial charge in [0.05, 0.1) is 34.8 Å². The molecule has 1 saturated heterocycles. The van der Waals surface area contributed by atoms with Gasteiger partial charge in [0, 0.05) is 26.7 Å². The number of hydrogen-bond acceptors (Lipinski definition) is 5. The standard InChI is InChI=1S/C28H34N4O2/c1-18-5-8-24-23(11-18)30-27(28(2,3)33)32(24)25-9-10-31(17-26(25)34-4)16-20-13-21-7-6-19(15-29)12-22(21)14-20/h5-8,11-12,20,25-26,33H,9-10,13-14,16-17H2,1-4H3/t20?,25-,26-/m1/s1. The number of nitrogens with zero attached hydrogens (tertiary/aromatic N) is 4. The molecule has 3 aromatic rings. The number of benzene rings is 2. The number of aliphatic hydroxyl groups is 1. The fourth-order valence-electron chi connectivity index (χ4n) is 5.91. The number of ether oxygens (including phenoxy) is 1. The van der Waals surface area contributed by atoms with E-state index in [1.54, 1.807) is 7.11 Å². The van der Waals surface area contributed by atoms with Crippen molar-refractivity contribution >= 4 is 11.0 Å². The lowest BCUT2D eigenvalue weighted by Gasteiger charge is -2.40. The van der Waals surface area contributed by atoms with E-state index in [1.165, 1.54) is 11.1 Å². The van der Waals surface area contributed by atoms with Gasteiger partial charge in [0.2, 0.25) is 0 Å². The summed E-state index contributed by atoms with van der Waals surface area (Å²) in [5.74, 6) is 1.27. The maximum Gasteiger partial charge on any atom is 0.141 e. The van der Waals surface area contributed by atoms with E-state index in [0.717, 1.165) is 61.1 Å². The van der Waals surface area contributed by atoms with Crippen molar-refractivity contribution in [2.75, 3.05) is 26.7 Å². The van der Waals surface area contributed by atoms with Crippen LogP contribution in [-0.4, -0.2) is 52.4 Å². The van der Waals surface area contributed by atoms with Gasteiger partial charge in [-0.2, -0.15) is 5.26 Å². The molecule has 6 nitrogen and oxygen atoms in total. The van der Waals surface area contributed by atoms with Crippen LogP contribution in [0.4, 0.5) is 0 Å². The van der Waals surface area contributed by atoms with Crippen molar-refractivity contribution in [1.82, 2.24) is 14.5 Å². The summed E-state index contributed by atoms with van der Waals surface area (Å²) in [4.78, 5) is 7.38. The molecule has 3 atom stereocenters. The van der Waals surface area contributed by atoms with Crippen LogP contribution in [0.15, 0.2) is 36.4 Å². The van der Waals surface area contributed by atoms with Crippen LogP contribution in [0.1, 0.15) is 54.4 Å². The number of fused-ring (bicyclic) bond motifs is 2. The summed E-state index contributed by atoms with van der Waals surface area (Å²) in [6, 6.07) is 14.8. The molecule has 1 aliphatic heterocycles. The van der Waals surface area contributed by atoms with Gasteiger partial charge >= 0.3 is 0 Å². The van der Waals surface area contributed by atoms with Crippen molar-refractivity contribution in [2.45, 2.75) is 57.8 Å². The highest BCUT2D eigenvalue weighted by Crippen LogP contribution is 2.36. The van der Waals surface area contributed by atoms with Crippen molar-refractivity contribution < 1.29 is 9.84 Å². The number of methoxy groups -OCH3 is 1. The second-order valence-electron chi connectivity index (χ2n) is 10.6. The maximum absolute atomic E-state index is 10.9. The molecule has 2 heterocycles. The zero-order valence-electron chi connectivity index (χ0n) is 20.6. The average molecular weight is 459 g/mol. The minimum atomic E-state index is -1.04. The van der Waals surface area contributed by atoms with Crippen molar-refractivity contribution in [2.24, 2.45) is 5.92 Å². The highest BCUT2D eigenvalue weighted by molar-refractivity contribution is 5.77. The van der Waals surface area contributed by atoms with Gasteiger partial charge in [-0.25, -0.2) is 4.98 Å². The number of piperidine rings is 1. The van der Waals surface area contributed by atoms with Crippen LogP contribution >= 0.6 is 0 Å². The summed E-state index contributed by atoms with van der Waals surface area (Å²) < 4.78 is 8.28. The first-order chi connectivity index (χ1) is 16.3. The van der Waals surface area contributed by atoms with Gasteiger partial charge in [-0.3, -0.25) is 0 Å². The topological polar surface area (TPSA) is 74.3 Å². The molecule has 2 aliphatic rings. The predicted octanol–water partition coefficient (Wildman–Crippen LogP) is 4.12. The Morgan fingerprint density at radius 1 is 1.18 bits per heavy atom. The van der Waals surface area contributed by atoms with E-state index in [2.05, 4.69) is 52.8 Å². The smallest absolute Gasteiger partial charge is 0.141 e. The fourth-order valence-corrected chi connectivity index (χ4v) is 5.91. The first kappa shape index (κ1) is 23.0. The maximum atomic E-state index is 10.9. The minimum Gasteiger partial charge on any atom is -0.383 e. The molecule has 0 spiro atoms. The SMILES string of the molecule is CO[C@@H]1CN(CC2Cc3ccc(C#N)cc3C2)CC[C@H]1n1c(C(C)(C)O)nc2cc(C)ccc21. The Bertz CT molecular complexity index is 1250. The number of aromatic nitrogens is 2. The van der Waals surface area contributed by atoms with Gasteiger partial charge in [0.1, 0.15) is 11.4 Å². The van der Waals surface area contributed by atoms with Crippen LogP contribution in [0.5, 0.6) is 0 Å². The Labute approximate surface area is 201 Å². The zero-order chi connectivity index (χ0) is 24.0. The predicted molar refractivity (Wildman–Crippen MR) is 133 cm³/mol. The largest absolute Gasteiger partial charge is 0.383 e. The van der Waals surface area contributed by atoms with E-state index in [9.17, 15) is 10.4 Å². The molecule has 1 fully saturated rings. The van der Waals surface area contributed by atoms with Crippen molar-refractivity contribution in [3.8, 4) is 6.07 Å². The number of nitriles is 1. The van der Waals surface area contributed by atoms with Crippen molar-refractivity contribution in [1.29, 1.82) is 5.26 Å². The molecule has 178 valence electrons. The molecule has 1 unspecified atom stereocenters. The molecule has 1 aliphatic carbocycles. The average Bonchev–Trinajstić information content (AvgIpc) is 3.38. The van der Waals surface area contributed by atoms with Gasteiger partial charge in [-0.1, -0.05) is 12.1 Å². The second kappa shape index (κ2) is 8.81. The van der Waals surface area contributed by atoms with E-state index in [4.69, 9.17) is 9.72 Å². The molecular formula is C28H34N4O2. The summed E-state index contributed by atoms with van der Waals surface area (Å²) in [6.45, 7) is 8.56. The van der Waals surface area contributed by atoms with E-state index in [1.807, 2.05) is 19.9 Å². The summed E-state index contributed by atoms with van der Waals surface area (Å²) in [5, 5.41) is 20.2. The molecule has 0 bridgehead atoms. The lowest BCUT2D eigenvalue weighted by atomic mass is 9.97. The Kier molecular flexibility index (Phi) is 5.97. The molecule has 0 saturated carbocycles.